The van der Waals surface area contributed by atoms with Crippen LogP contribution in [0.1, 0.15) is 20.7 Å². The first-order valence-corrected chi connectivity index (χ1v) is 6.66. The summed E-state index contributed by atoms with van der Waals surface area (Å²) in [4.78, 5) is 23.3. The van der Waals surface area contributed by atoms with E-state index in [1.165, 1.54) is 49.6 Å². The number of rotatable bonds is 3. The third-order valence-electron chi connectivity index (χ3n) is 2.64. The summed E-state index contributed by atoms with van der Waals surface area (Å²) in [6.45, 7) is 0. The van der Waals surface area contributed by atoms with Gasteiger partial charge in [-0.2, -0.15) is 0 Å². The van der Waals surface area contributed by atoms with E-state index in [9.17, 15) is 14.0 Å². The van der Waals surface area contributed by atoms with E-state index in [-0.39, 0.29) is 11.3 Å². The average molecular weight is 353 g/mol. The minimum Gasteiger partial charge on any atom is -0.465 e. The number of hydrogen-bond acceptors (Lipinski definition) is 4. The van der Waals surface area contributed by atoms with E-state index in [4.69, 9.17) is 4.74 Å². The summed E-state index contributed by atoms with van der Waals surface area (Å²) in [5, 5.41) is 0. The summed E-state index contributed by atoms with van der Waals surface area (Å²) in [6.07, 6.45) is 0. The number of methoxy groups -OCH3 is 1. The summed E-state index contributed by atoms with van der Waals surface area (Å²) in [6, 6.07) is 9.43. The molecular formula is C15H10BrFO4. The lowest BCUT2D eigenvalue weighted by molar-refractivity contribution is 0.0600. The monoisotopic (exact) mass is 352 g/mol. The van der Waals surface area contributed by atoms with Gasteiger partial charge in [-0.25, -0.2) is 14.0 Å². The van der Waals surface area contributed by atoms with Gasteiger partial charge in [-0.15, -0.1) is 0 Å². The van der Waals surface area contributed by atoms with Gasteiger partial charge in [0.2, 0.25) is 0 Å². The summed E-state index contributed by atoms with van der Waals surface area (Å²) < 4.78 is 23.0. The standard InChI is InChI=1S/C15H10BrFO4/c1-20-14(18)10-4-7-13(12(16)8-10)21-15(19)9-2-5-11(17)6-3-9/h2-8H,1H3. The van der Waals surface area contributed by atoms with Gasteiger partial charge < -0.3 is 9.47 Å². The van der Waals surface area contributed by atoms with Crippen molar-refractivity contribution in [3.8, 4) is 5.75 Å². The molecule has 0 bridgehead atoms. The molecule has 0 N–H and O–H groups in total. The maximum absolute atomic E-state index is 12.8. The first-order chi connectivity index (χ1) is 10.0. The predicted molar refractivity (Wildman–Crippen MR) is 76.8 cm³/mol. The van der Waals surface area contributed by atoms with Gasteiger partial charge in [-0.05, 0) is 58.4 Å². The van der Waals surface area contributed by atoms with Crippen LogP contribution < -0.4 is 4.74 Å². The molecule has 2 rings (SSSR count). The molecule has 0 atom stereocenters. The Morgan fingerprint density at radius 1 is 1.00 bits per heavy atom. The number of hydrogen-bond donors (Lipinski definition) is 0. The average Bonchev–Trinajstić information content (AvgIpc) is 2.49. The Hall–Kier alpha value is -2.21. The van der Waals surface area contributed by atoms with Crippen LogP contribution in [0.4, 0.5) is 4.39 Å². The van der Waals surface area contributed by atoms with Crippen molar-refractivity contribution in [2.45, 2.75) is 0 Å². The van der Waals surface area contributed by atoms with Crippen LogP contribution in [-0.2, 0) is 4.74 Å². The van der Waals surface area contributed by atoms with Crippen LogP contribution in [0.25, 0.3) is 0 Å². The number of benzene rings is 2. The smallest absolute Gasteiger partial charge is 0.343 e. The van der Waals surface area contributed by atoms with Crippen LogP contribution >= 0.6 is 15.9 Å². The fourth-order valence-electron chi connectivity index (χ4n) is 1.57. The van der Waals surface area contributed by atoms with Gasteiger partial charge in [0, 0.05) is 0 Å². The Morgan fingerprint density at radius 2 is 1.62 bits per heavy atom. The molecule has 2 aromatic carbocycles. The van der Waals surface area contributed by atoms with E-state index >= 15 is 0 Å². The van der Waals surface area contributed by atoms with E-state index in [0.717, 1.165) is 0 Å². The third-order valence-corrected chi connectivity index (χ3v) is 3.26. The molecule has 0 heterocycles. The largest absolute Gasteiger partial charge is 0.465 e. The van der Waals surface area contributed by atoms with E-state index in [2.05, 4.69) is 20.7 Å². The van der Waals surface area contributed by atoms with Crippen LogP contribution in [0.3, 0.4) is 0 Å². The highest BCUT2D eigenvalue weighted by Gasteiger charge is 2.13. The predicted octanol–water partition coefficient (Wildman–Crippen LogP) is 3.59. The number of halogens is 2. The molecular weight excluding hydrogens is 343 g/mol. The highest BCUT2D eigenvalue weighted by molar-refractivity contribution is 9.10. The van der Waals surface area contributed by atoms with Crippen LogP contribution in [0, 0.1) is 5.82 Å². The number of carbonyl (C=O) groups is 2. The zero-order valence-electron chi connectivity index (χ0n) is 10.9. The molecule has 0 saturated carbocycles. The van der Waals surface area contributed by atoms with Gasteiger partial charge in [0.25, 0.3) is 0 Å². The van der Waals surface area contributed by atoms with Crippen LogP contribution in [0.5, 0.6) is 5.75 Å². The molecule has 0 unspecified atom stereocenters. The van der Waals surface area contributed by atoms with Gasteiger partial charge in [0.15, 0.2) is 0 Å². The first kappa shape index (κ1) is 15.2. The van der Waals surface area contributed by atoms with Crippen molar-refractivity contribution in [1.82, 2.24) is 0 Å². The lowest BCUT2D eigenvalue weighted by Gasteiger charge is -2.07. The highest BCUT2D eigenvalue weighted by atomic mass is 79.9. The molecule has 4 nitrogen and oxygen atoms in total. The fourth-order valence-corrected chi connectivity index (χ4v) is 2.03. The molecule has 0 aromatic heterocycles. The molecule has 0 fully saturated rings. The second-order valence-corrected chi connectivity index (χ2v) is 4.89. The summed E-state index contributed by atoms with van der Waals surface area (Å²) in [7, 11) is 1.28. The van der Waals surface area contributed by atoms with Crippen molar-refractivity contribution >= 4 is 27.9 Å². The Labute approximate surface area is 128 Å². The van der Waals surface area contributed by atoms with E-state index in [1.807, 2.05) is 0 Å². The van der Waals surface area contributed by atoms with Gasteiger partial charge in [0.05, 0.1) is 22.7 Å². The van der Waals surface area contributed by atoms with Crippen LogP contribution in [0.15, 0.2) is 46.9 Å². The van der Waals surface area contributed by atoms with Crippen molar-refractivity contribution in [2.75, 3.05) is 7.11 Å². The summed E-state index contributed by atoms with van der Waals surface area (Å²) in [5.41, 5.74) is 0.548. The maximum Gasteiger partial charge on any atom is 0.343 e. The van der Waals surface area contributed by atoms with Crippen molar-refractivity contribution in [2.24, 2.45) is 0 Å². The zero-order valence-corrected chi connectivity index (χ0v) is 12.5. The molecule has 0 spiro atoms. The molecule has 0 amide bonds. The Bertz CT molecular complexity index is 683. The number of ether oxygens (including phenoxy) is 2. The molecule has 21 heavy (non-hydrogen) atoms. The maximum atomic E-state index is 12.8. The molecule has 0 aliphatic carbocycles. The SMILES string of the molecule is COC(=O)c1ccc(OC(=O)c2ccc(F)cc2)c(Br)c1. The molecule has 108 valence electrons. The van der Waals surface area contributed by atoms with Crippen molar-refractivity contribution in [1.29, 1.82) is 0 Å². The lowest BCUT2D eigenvalue weighted by atomic mass is 10.2. The van der Waals surface area contributed by atoms with E-state index in [0.29, 0.717) is 10.0 Å². The quantitative estimate of drug-likeness (QED) is 0.625. The topological polar surface area (TPSA) is 52.6 Å². The molecule has 0 radical (unpaired) electrons. The third kappa shape index (κ3) is 3.66. The molecule has 0 saturated heterocycles. The van der Waals surface area contributed by atoms with E-state index in [1.54, 1.807) is 0 Å². The van der Waals surface area contributed by atoms with Crippen molar-refractivity contribution in [3.63, 3.8) is 0 Å². The van der Waals surface area contributed by atoms with Crippen LogP contribution in [-0.4, -0.2) is 19.0 Å². The second-order valence-electron chi connectivity index (χ2n) is 4.03. The van der Waals surface area contributed by atoms with E-state index < -0.39 is 17.8 Å². The van der Waals surface area contributed by atoms with Crippen molar-refractivity contribution in [3.05, 3.63) is 63.9 Å². The number of carbonyl (C=O) groups excluding carboxylic acids is 2. The molecule has 6 heteroatoms. The van der Waals surface area contributed by atoms with Gasteiger partial charge in [-0.3, -0.25) is 0 Å². The van der Waals surface area contributed by atoms with Crippen LogP contribution in [0.2, 0.25) is 0 Å². The molecule has 0 aliphatic heterocycles. The van der Waals surface area contributed by atoms with Gasteiger partial charge in [-0.1, -0.05) is 0 Å². The van der Waals surface area contributed by atoms with Crippen molar-refractivity contribution < 1.29 is 23.5 Å². The first-order valence-electron chi connectivity index (χ1n) is 5.87. The zero-order chi connectivity index (χ0) is 15.4. The highest BCUT2D eigenvalue weighted by Crippen LogP contribution is 2.27. The Balaban J connectivity index is 2.18. The second kappa shape index (κ2) is 6.49. The normalized spacial score (nSPS) is 10.0. The minimum atomic E-state index is -0.624. The lowest BCUT2D eigenvalue weighted by Crippen LogP contribution is -2.09. The number of esters is 2. The molecule has 0 aliphatic rings. The summed E-state index contributed by atoms with van der Waals surface area (Å²) >= 11 is 3.21. The van der Waals surface area contributed by atoms with Gasteiger partial charge in [0.1, 0.15) is 11.6 Å². The minimum absolute atomic E-state index is 0.223. The Morgan fingerprint density at radius 3 is 2.19 bits per heavy atom. The Kier molecular flexibility index (Phi) is 4.70. The molecule has 2 aromatic rings. The van der Waals surface area contributed by atoms with Gasteiger partial charge >= 0.3 is 11.9 Å². The fraction of sp³-hybridized carbons (Fsp3) is 0.0667. The summed E-state index contributed by atoms with van der Waals surface area (Å²) in [5.74, 6) is -1.30.